The van der Waals surface area contributed by atoms with Crippen molar-refractivity contribution in [2.75, 3.05) is 18.4 Å². The monoisotopic (exact) mass is 404 g/mol. The number of furan rings is 1. The van der Waals surface area contributed by atoms with Gasteiger partial charge in [0.15, 0.2) is 5.76 Å². The predicted octanol–water partition coefficient (Wildman–Crippen LogP) is 4.89. The fraction of sp³-hybridized carbons (Fsp3) is 0.261. The first-order valence-corrected chi connectivity index (χ1v) is 10.0. The molecule has 3 aromatic heterocycles. The lowest BCUT2D eigenvalue weighted by atomic mass is 10.1. The molecule has 7 nitrogen and oxygen atoms in total. The summed E-state index contributed by atoms with van der Waals surface area (Å²) in [6, 6.07) is 13.2. The van der Waals surface area contributed by atoms with Crippen LogP contribution in [0.3, 0.4) is 0 Å². The van der Waals surface area contributed by atoms with E-state index in [0.29, 0.717) is 33.8 Å². The molecule has 1 aromatic carbocycles. The summed E-state index contributed by atoms with van der Waals surface area (Å²) in [7, 11) is 0. The second-order valence-electron chi connectivity index (χ2n) is 7.10. The van der Waals surface area contributed by atoms with Gasteiger partial charge in [-0.3, -0.25) is 9.69 Å². The molecule has 3 heterocycles. The number of aromatic nitrogens is 2. The third kappa shape index (κ3) is 3.97. The highest BCUT2D eigenvalue weighted by Crippen LogP contribution is 2.28. The van der Waals surface area contributed by atoms with Crippen LogP contribution in [0.5, 0.6) is 0 Å². The summed E-state index contributed by atoms with van der Waals surface area (Å²) in [6.45, 7) is 8.86. The van der Waals surface area contributed by atoms with Crippen LogP contribution in [-0.4, -0.2) is 34.0 Å². The molecule has 0 aliphatic rings. The number of carbonyl (C=O) groups excluding carboxylic acids is 1. The van der Waals surface area contributed by atoms with Gasteiger partial charge in [-0.05, 0) is 55.9 Å². The molecule has 4 aromatic rings. The number of hydrogen-bond donors (Lipinski definition) is 1. The molecule has 4 rings (SSSR count). The minimum absolute atomic E-state index is 0.249. The van der Waals surface area contributed by atoms with Crippen molar-refractivity contribution in [3.05, 3.63) is 65.5 Å². The first-order valence-electron chi connectivity index (χ1n) is 10.0. The zero-order valence-electron chi connectivity index (χ0n) is 17.3. The topological polar surface area (TPSA) is 84.4 Å². The molecule has 7 heteroatoms. The number of carbonyl (C=O) groups is 1. The van der Waals surface area contributed by atoms with Crippen molar-refractivity contribution in [2.45, 2.75) is 27.3 Å². The third-order valence-corrected chi connectivity index (χ3v) is 5.12. The Morgan fingerprint density at radius 2 is 1.97 bits per heavy atom. The van der Waals surface area contributed by atoms with Gasteiger partial charge in [0.05, 0.1) is 22.9 Å². The van der Waals surface area contributed by atoms with Gasteiger partial charge in [-0.25, -0.2) is 4.98 Å². The molecule has 0 saturated heterocycles. The minimum Gasteiger partial charge on any atom is -0.463 e. The van der Waals surface area contributed by atoms with Crippen LogP contribution in [-0.2, 0) is 6.54 Å². The van der Waals surface area contributed by atoms with Crippen LogP contribution in [0, 0.1) is 6.92 Å². The van der Waals surface area contributed by atoms with Crippen molar-refractivity contribution in [1.82, 2.24) is 15.0 Å². The largest absolute Gasteiger partial charge is 0.463 e. The van der Waals surface area contributed by atoms with Crippen LogP contribution < -0.4 is 5.32 Å². The maximum absolute atomic E-state index is 13.2. The van der Waals surface area contributed by atoms with Crippen LogP contribution in [0.2, 0.25) is 0 Å². The Balaban J connectivity index is 1.66. The van der Waals surface area contributed by atoms with Gasteiger partial charge in [0.2, 0.25) is 0 Å². The van der Waals surface area contributed by atoms with Crippen molar-refractivity contribution < 1.29 is 13.7 Å². The Labute approximate surface area is 174 Å². The van der Waals surface area contributed by atoms with Gasteiger partial charge in [0.25, 0.3) is 11.6 Å². The molecule has 0 aliphatic heterocycles. The minimum atomic E-state index is -0.249. The highest BCUT2D eigenvalue weighted by Gasteiger charge is 2.20. The predicted molar refractivity (Wildman–Crippen MR) is 115 cm³/mol. The van der Waals surface area contributed by atoms with E-state index in [1.165, 1.54) is 0 Å². The quantitative estimate of drug-likeness (QED) is 0.472. The van der Waals surface area contributed by atoms with Crippen molar-refractivity contribution >= 4 is 22.7 Å². The molecule has 0 atom stereocenters. The molecule has 1 N–H and O–H groups in total. The Kier molecular flexibility index (Phi) is 5.63. The number of pyridine rings is 1. The second-order valence-corrected chi connectivity index (χ2v) is 7.10. The highest BCUT2D eigenvalue weighted by molar-refractivity contribution is 6.13. The average molecular weight is 404 g/mol. The van der Waals surface area contributed by atoms with Crippen LogP contribution in [0.25, 0.3) is 22.6 Å². The molecule has 154 valence electrons. The Morgan fingerprint density at radius 1 is 1.13 bits per heavy atom. The summed E-state index contributed by atoms with van der Waals surface area (Å²) in [4.78, 5) is 20.0. The Morgan fingerprint density at radius 3 is 2.70 bits per heavy atom. The fourth-order valence-electron chi connectivity index (χ4n) is 3.48. The standard InChI is InChI=1S/C23H24N4O3/c1-4-27(5-2)14-16-8-6-9-17(12-16)24-22(28)18-13-19(20-10-7-11-29-20)25-23-21(18)15(3)26-30-23/h6-13H,4-5,14H2,1-3H3,(H,24,28). The van der Waals surface area contributed by atoms with Gasteiger partial charge in [0, 0.05) is 12.2 Å². The van der Waals surface area contributed by atoms with Gasteiger partial charge in [-0.1, -0.05) is 31.1 Å². The Bertz CT molecular complexity index is 1160. The van der Waals surface area contributed by atoms with E-state index >= 15 is 0 Å². The molecule has 0 spiro atoms. The van der Waals surface area contributed by atoms with E-state index in [4.69, 9.17) is 8.94 Å². The fourth-order valence-corrected chi connectivity index (χ4v) is 3.48. The van der Waals surface area contributed by atoms with Gasteiger partial charge in [0.1, 0.15) is 5.69 Å². The summed E-state index contributed by atoms with van der Waals surface area (Å²) in [5.74, 6) is 0.308. The van der Waals surface area contributed by atoms with E-state index in [-0.39, 0.29) is 5.91 Å². The molecular formula is C23H24N4O3. The first kappa shape index (κ1) is 19.8. The van der Waals surface area contributed by atoms with E-state index in [2.05, 4.69) is 40.3 Å². The first-order chi connectivity index (χ1) is 14.6. The van der Waals surface area contributed by atoms with E-state index in [1.54, 1.807) is 31.4 Å². The smallest absolute Gasteiger partial charge is 0.259 e. The lowest BCUT2D eigenvalue weighted by molar-refractivity contribution is 0.102. The number of aryl methyl sites for hydroxylation is 1. The molecule has 0 fully saturated rings. The van der Waals surface area contributed by atoms with Crippen LogP contribution >= 0.6 is 0 Å². The summed E-state index contributed by atoms with van der Waals surface area (Å²) in [5, 5.41) is 7.58. The van der Waals surface area contributed by atoms with Crippen molar-refractivity contribution in [3.8, 4) is 11.5 Å². The number of nitrogens with one attached hydrogen (secondary N) is 1. The molecule has 0 bridgehead atoms. The average Bonchev–Trinajstić information content (AvgIpc) is 3.42. The second kappa shape index (κ2) is 8.51. The van der Waals surface area contributed by atoms with Crippen LogP contribution in [0.15, 0.2) is 57.7 Å². The molecule has 0 unspecified atom stereocenters. The zero-order chi connectivity index (χ0) is 21.1. The highest BCUT2D eigenvalue weighted by atomic mass is 16.5. The molecule has 1 amide bonds. The van der Waals surface area contributed by atoms with E-state index < -0.39 is 0 Å². The van der Waals surface area contributed by atoms with Gasteiger partial charge in [-0.15, -0.1) is 0 Å². The lowest BCUT2D eigenvalue weighted by Crippen LogP contribution is -2.22. The maximum atomic E-state index is 13.2. The third-order valence-electron chi connectivity index (χ3n) is 5.12. The van der Waals surface area contributed by atoms with Crippen molar-refractivity contribution in [2.24, 2.45) is 0 Å². The molecule has 0 radical (unpaired) electrons. The number of amides is 1. The summed E-state index contributed by atoms with van der Waals surface area (Å²) in [5.41, 5.74) is 3.77. The van der Waals surface area contributed by atoms with E-state index in [1.807, 2.05) is 18.2 Å². The number of anilines is 1. The molecular weight excluding hydrogens is 380 g/mol. The van der Waals surface area contributed by atoms with E-state index in [9.17, 15) is 4.79 Å². The normalized spacial score (nSPS) is 11.3. The number of benzene rings is 1. The maximum Gasteiger partial charge on any atom is 0.259 e. The van der Waals surface area contributed by atoms with E-state index in [0.717, 1.165) is 30.9 Å². The number of fused-ring (bicyclic) bond motifs is 1. The molecule has 0 saturated carbocycles. The number of nitrogens with zero attached hydrogens (tertiary/aromatic N) is 3. The lowest BCUT2D eigenvalue weighted by Gasteiger charge is -2.18. The summed E-state index contributed by atoms with van der Waals surface area (Å²) in [6.07, 6.45) is 1.56. The van der Waals surface area contributed by atoms with Gasteiger partial charge in [-0.2, -0.15) is 0 Å². The van der Waals surface area contributed by atoms with Gasteiger partial charge < -0.3 is 14.3 Å². The molecule has 0 aliphatic carbocycles. The molecule has 30 heavy (non-hydrogen) atoms. The number of hydrogen-bond acceptors (Lipinski definition) is 6. The summed E-state index contributed by atoms with van der Waals surface area (Å²) < 4.78 is 10.8. The Hall–Kier alpha value is -3.45. The van der Waals surface area contributed by atoms with Crippen molar-refractivity contribution in [3.63, 3.8) is 0 Å². The SMILES string of the molecule is CCN(CC)Cc1cccc(NC(=O)c2cc(-c3ccco3)nc3onc(C)c23)c1. The summed E-state index contributed by atoms with van der Waals surface area (Å²) >= 11 is 0. The van der Waals surface area contributed by atoms with Crippen LogP contribution in [0.4, 0.5) is 5.69 Å². The zero-order valence-corrected chi connectivity index (χ0v) is 17.3. The van der Waals surface area contributed by atoms with Gasteiger partial charge >= 0.3 is 0 Å². The number of rotatable bonds is 7. The van der Waals surface area contributed by atoms with Crippen molar-refractivity contribution in [1.29, 1.82) is 0 Å². The van der Waals surface area contributed by atoms with Crippen LogP contribution in [0.1, 0.15) is 35.5 Å².